The zero-order chi connectivity index (χ0) is 16.3. The molecule has 2 rings (SSSR count). The fourth-order valence-electron chi connectivity index (χ4n) is 2.41. The van der Waals surface area contributed by atoms with Crippen molar-refractivity contribution in [2.45, 2.75) is 19.3 Å². The van der Waals surface area contributed by atoms with Gasteiger partial charge in [-0.1, -0.05) is 0 Å². The van der Waals surface area contributed by atoms with Crippen LogP contribution in [0.5, 0.6) is 0 Å². The summed E-state index contributed by atoms with van der Waals surface area (Å²) in [4.78, 5) is 28.9. The molecule has 1 aromatic rings. The summed E-state index contributed by atoms with van der Waals surface area (Å²) in [6.45, 7) is 5.56. The van der Waals surface area contributed by atoms with Crippen molar-refractivity contribution < 1.29 is 19.2 Å². The number of aromatic nitrogens is 1. The van der Waals surface area contributed by atoms with E-state index in [2.05, 4.69) is 4.98 Å². The van der Waals surface area contributed by atoms with Gasteiger partial charge in [0.1, 0.15) is 11.1 Å². The van der Waals surface area contributed by atoms with E-state index >= 15 is 0 Å². The van der Waals surface area contributed by atoms with Crippen molar-refractivity contribution in [3.05, 3.63) is 28.1 Å². The van der Waals surface area contributed by atoms with E-state index in [0.29, 0.717) is 32.0 Å². The SMILES string of the molecule is COC(=O)C(C)(C)c1ncc(N2CCOCC2)cc1[N+](=O)[O-]. The highest BCUT2D eigenvalue weighted by Gasteiger charge is 2.39. The van der Waals surface area contributed by atoms with Crippen LogP contribution in [0.15, 0.2) is 12.3 Å². The molecule has 1 saturated heterocycles. The van der Waals surface area contributed by atoms with Crippen LogP contribution in [0.25, 0.3) is 0 Å². The predicted octanol–water partition coefficient (Wildman–Crippen LogP) is 1.28. The van der Waals surface area contributed by atoms with Gasteiger partial charge in [-0.25, -0.2) is 0 Å². The molecule has 2 heterocycles. The van der Waals surface area contributed by atoms with Crippen LogP contribution in [0.1, 0.15) is 19.5 Å². The van der Waals surface area contributed by atoms with E-state index in [1.54, 1.807) is 20.0 Å². The molecule has 0 atom stereocenters. The van der Waals surface area contributed by atoms with Crippen LogP contribution in [0, 0.1) is 10.1 Å². The fraction of sp³-hybridized carbons (Fsp3) is 0.571. The van der Waals surface area contributed by atoms with Crippen LogP contribution in [0.2, 0.25) is 0 Å². The largest absolute Gasteiger partial charge is 0.468 e. The van der Waals surface area contributed by atoms with Crippen LogP contribution in [0.3, 0.4) is 0 Å². The van der Waals surface area contributed by atoms with Crippen LogP contribution in [0.4, 0.5) is 11.4 Å². The molecule has 0 unspecified atom stereocenters. The molecule has 1 aliphatic rings. The lowest BCUT2D eigenvalue weighted by Gasteiger charge is -2.29. The van der Waals surface area contributed by atoms with Gasteiger partial charge in [-0.2, -0.15) is 0 Å². The molecule has 0 bridgehead atoms. The highest BCUT2D eigenvalue weighted by atomic mass is 16.6. The van der Waals surface area contributed by atoms with Gasteiger partial charge in [0.05, 0.1) is 37.1 Å². The van der Waals surface area contributed by atoms with Crippen molar-refractivity contribution in [2.24, 2.45) is 0 Å². The average molecular weight is 309 g/mol. The molecule has 1 aromatic heterocycles. The van der Waals surface area contributed by atoms with E-state index in [0.717, 1.165) is 0 Å². The summed E-state index contributed by atoms with van der Waals surface area (Å²) in [7, 11) is 1.25. The Balaban J connectivity index is 2.43. The minimum atomic E-state index is -1.19. The number of carbonyl (C=O) groups is 1. The summed E-state index contributed by atoms with van der Waals surface area (Å²) in [5, 5.41) is 11.4. The van der Waals surface area contributed by atoms with Crippen molar-refractivity contribution in [1.29, 1.82) is 0 Å². The van der Waals surface area contributed by atoms with Crippen LogP contribution < -0.4 is 4.90 Å². The van der Waals surface area contributed by atoms with E-state index in [1.165, 1.54) is 13.2 Å². The number of hydrogen-bond donors (Lipinski definition) is 0. The number of nitrogens with zero attached hydrogens (tertiary/aromatic N) is 3. The van der Waals surface area contributed by atoms with E-state index < -0.39 is 16.3 Å². The van der Waals surface area contributed by atoms with Crippen LogP contribution in [-0.4, -0.2) is 49.3 Å². The fourth-order valence-corrected chi connectivity index (χ4v) is 2.41. The number of esters is 1. The molecule has 0 amide bonds. The molecular formula is C14H19N3O5. The van der Waals surface area contributed by atoms with E-state index in [9.17, 15) is 14.9 Å². The summed E-state index contributed by atoms with van der Waals surface area (Å²) in [5.74, 6) is -0.567. The second-order valence-electron chi connectivity index (χ2n) is 5.53. The number of anilines is 1. The number of carbonyl (C=O) groups excluding carboxylic acids is 1. The first-order valence-corrected chi connectivity index (χ1v) is 6.94. The molecule has 0 radical (unpaired) electrons. The highest BCUT2D eigenvalue weighted by molar-refractivity contribution is 5.83. The zero-order valence-corrected chi connectivity index (χ0v) is 12.9. The quantitative estimate of drug-likeness (QED) is 0.469. The second-order valence-corrected chi connectivity index (χ2v) is 5.53. The summed E-state index contributed by atoms with van der Waals surface area (Å²) < 4.78 is 9.99. The molecule has 0 aromatic carbocycles. The Labute approximate surface area is 128 Å². The monoisotopic (exact) mass is 309 g/mol. The van der Waals surface area contributed by atoms with Gasteiger partial charge < -0.3 is 14.4 Å². The zero-order valence-electron chi connectivity index (χ0n) is 12.9. The van der Waals surface area contributed by atoms with E-state index in [1.807, 2.05) is 4.90 Å². The maximum atomic E-state index is 11.9. The number of hydrogen-bond acceptors (Lipinski definition) is 7. The maximum absolute atomic E-state index is 11.9. The Kier molecular flexibility index (Phi) is 4.60. The third-order valence-electron chi connectivity index (χ3n) is 3.71. The second kappa shape index (κ2) is 6.27. The maximum Gasteiger partial charge on any atom is 0.317 e. The number of rotatable bonds is 4. The molecule has 0 spiro atoms. The van der Waals surface area contributed by atoms with E-state index in [4.69, 9.17) is 9.47 Å². The number of methoxy groups -OCH3 is 1. The van der Waals surface area contributed by atoms with Gasteiger partial charge in [0.15, 0.2) is 0 Å². The minimum Gasteiger partial charge on any atom is -0.468 e. The lowest BCUT2D eigenvalue weighted by Crippen LogP contribution is -2.37. The van der Waals surface area contributed by atoms with Crippen LogP contribution >= 0.6 is 0 Å². The molecule has 8 nitrogen and oxygen atoms in total. The normalized spacial score (nSPS) is 15.5. The lowest BCUT2D eigenvalue weighted by molar-refractivity contribution is -0.386. The summed E-state index contributed by atoms with van der Waals surface area (Å²) in [6, 6.07) is 1.46. The van der Waals surface area contributed by atoms with Crippen molar-refractivity contribution in [3.63, 3.8) is 0 Å². The first-order valence-electron chi connectivity index (χ1n) is 6.94. The number of ether oxygens (including phenoxy) is 2. The molecule has 8 heteroatoms. The smallest absolute Gasteiger partial charge is 0.317 e. The Bertz CT molecular complexity index is 582. The number of morpholine rings is 1. The summed E-state index contributed by atoms with van der Waals surface area (Å²) in [5.41, 5.74) is -0.624. The van der Waals surface area contributed by atoms with Gasteiger partial charge >= 0.3 is 5.97 Å². The molecular weight excluding hydrogens is 290 g/mol. The first kappa shape index (κ1) is 16.2. The lowest BCUT2D eigenvalue weighted by atomic mass is 9.87. The summed E-state index contributed by atoms with van der Waals surface area (Å²) in [6.07, 6.45) is 1.55. The molecule has 1 fully saturated rings. The third-order valence-corrected chi connectivity index (χ3v) is 3.71. The number of nitro groups is 1. The van der Waals surface area contributed by atoms with Gasteiger partial charge in [-0.3, -0.25) is 19.9 Å². The molecule has 120 valence electrons. The highest BCUT2D eigenvalue weighted by Crippen LogP contribution is 2.33. The Morgan fingerprint density at radius 1 is 1.45 bits per heavy atom. The van der Waals surface area contributed by atoms with Crippen LogP contribution in [-0.2, 0) is 19.7 Å². The van der Waals surface area contributed by atoms with Crippen molar-refractivity contribution in [3.8, 4) is 0 Å². The summed E-state index contributed by atoms with van der Waals surface area (Å²) >= 11 is 0. The number of pyridine rings is 1. The van der Waals surface area contributed by atoms with Crippen molar-refractivity contribution >= 4 is 17.3 Å². The third kappa shape index (κ3) is 3.01. The topological polar surface area (TPSA) is 94.8 Å². The van der Waals surface area contributed by atoms with Gasteiger partial charge in [-0.15, -0.1) is 0 Å². The Hall–Kier alpha value is -2.22. The standard InChI is InChI=1S/C14H19N3O5/c1-14(2,13(18)21-3)12-11(17(19)20)8-10(9-15-12)16-4-6-22-7-5-16/h8-9H,4-7H2,1-3H3. The first-order chi connectivity index (χ1) is 10.4. The molecule has 0 saturated carbocycles. The van der Waals surface area contributed by atoms with E-state index in [-0.39, 0.29) is 11.4 Å². The van der Waals surface area contributed by atoms with Gasteiger partial charge in [0, 0.05) is 19.2 Å². The van der Waals surface area contributed by atoms with Gasteiger partial charge in [-0.05, 0) is 13.8 Å². The van der Waals surface area contributed by atoms with Crippen molar-refractivity contribution in [2.75, 3.05) is 38.3 Å². The Morgan fingerprint density at radius 3 is 2.64 bits per heavy atom. The molecule has 22 heavy (non-hydrogen) atoms. The average Bonchev–Trinajstić information content (AvgIpc) is 2.54. The minimum absolute atomic E-state index is 0.0985. The molecule has 0 N–H and O–H groups in total. The predicted molar refractivity (Wildman–Crippen MR) is 79.0 cm³/mol. The van der Waals surface area contributed by atoms with Gasteiger partial charge in [0.2, 0.25) is 0 Å². The van der Waals surface area contributed by atoms with Crippen molar-refractivity contribution in [1.82, 2.24) is 4.98 Å². The molecule has 1 aliphatic heterocycles. The molecule has 0 aliphatic carbocycles. The Morgan fingerprint density at radius 2 is 2.09 bits per heavy atom. The van der Waals surface area contributed by atoms with Gasteiger partial charge in [0.25, 0.3) is 5.69 Å².